The summed E-state index contributed by atoms with van der Waals surface area (Å²) in [6.45, 7) is 0.655. The van der Waals surface area contributed by atoms with E-state index in [0.717, 1.165) is 23.7 Å². The van der Waals surface area contributed by atoms with Gasteiger partial charge < -0.3 is 9.88 Å². The number of hydrogen-bond donors (Lipinski definition) is 1. The van der Waals surface area contributed by atoms with Gasteiger partial charge in [0, 0.05) is 24.6 Å². The van der Waals surface area contributed by atoms with Crippen LogP contribution in [-0.4, -0.2) is 15.5 Å². The van der Waals surface area contributed by atoms with Crippen molar-refractivity contribution >= 4 is 22.5 Å². The molecule has 1 aromatic carbocycles. The van der Waals surface area contributed by atoms with Gasteiger partial charge in [0.1, 0.15) is 5.56 Å². The Morgan fingerprint density at radius 3 is 2.83 bits per heavy atom. The van der Waals surface area contributed by atoms with Crippen molar-refractivity contribution in [3.8, 4) is 0 Å². The van der Waals surface area contributed by atoms with E-state index in [-0.39, 0.29) is 17.0 Å². The number of nitrogens with one attached hydrogen (secondary N) is 1. The fourth-order valence-electron chi connectivity index (χ4n) is 3.16. The van der Waals surface area contributed by atoms with Crippen LogP contribution >= 0.6 is 0 Å². The Hall–Kier alpha value is -2.95. The maximum absolute atomic E-state index is 12.7. The minimum Gasteiger partial charge on any atom is -0.322 e. The van der Waals surface area contributed by atoms with Crippen molar-refractivity contribution in [2.75, 3.05) is 5.32 Å². The van der Waals surface area contributed by atoms with Crippen LogP contribution in [0.4, 0.5) is 5.69 Å². The van der Waals surface area contributed by atoms with Gasteiger partial charge in [0.15, 0.2) is 0 Å². The lowest BCUT2D eigenvalue weighted by Crippen LogP contribution is -2.31. The van der Waals surface area contributed by atoms with Gasteiger partial charge in [-0.25, -0.2) is 0 Å². The molecule has 0 unspecified atom stereocenters. The number of hydrogen-bond acceptors (Lipinski definition) is 3. The molecular formula is C18H15N3O2. The standard InChI is InChI=1S/C18H15N3O2/c22-17(20-14-6-8-19-9-7-14)15-11-13-4-1-3-12-5-2-10-21(16(12)13)18(15)23/h1,3-4,6-9,11H,2,5,10H2,(H,19,20,22). The summed E-state index contributed by atoms with van der Waals surface area (Å²) >= 11 is 0. The van der Waals surface area contributed by atoms with E-state index < -0.39 is 0 Å². The number of benzene rings is 1. The van der Waals surface area contributed by atoms with Crippen molar-refractivity contribution in [3.63, 3.8) is 0 Å². The molecule has 4 rings (SSSR count). The molecule has 1 aliphatic rings. The Kier molecular flexibility index (Phi) is 3.19. The van der Waals surface area contributed by atoms with Crippen molar-refractivity contribution in [3.05, 3.63) is 70.3 Å². The second-order valence-corrected chi connectivity index (χ2v) is 5.66. The van der Waals surface area contributed by atoms with Crippen LogP contribution in [0.15, 0.2) is 53.6 Å². The van der Waals surface area contributed by atoms with Crippen LogP contribution in [0.25, 0.3) is 10.9 Å². The van der Waals surface area contributed by atoms with Crippen LogP contribution in [0, 0.1) is 0 Å². The molecule has 0 saturated heterocycles. The van der Waals surface area contributed by atoms with Crippen LogP contribution in [0.3, 0.4) is 0 Å². The highest BCUT2D eigenvalue weighted by Gasteiger charge is 2.19. The summed E-state index contributed by atoms with van der Waals surface area (Å²) in [5.41, 5.74) is 2.71. The third-order valence-electron chi connectivity index (χ3n) is 4.21. The second kappa shape index (κ2) is 5.35. The average Bonchev–Trinajstić information content (AvgIpc) is 2.59. The van der Waals surface area contributed by atoms with Gasteiger partial charge in [-0.1, -0.05) is 18.2 Å². The molecule has 0 fully saturated rings. The Balaban J connectivity index is 1.84. The van der Waals surface area contributed by atoms with E-state index in [9.17, 15) is 9.59 Å². The zero-order valence-corrected chi connectivity index (χ0v) is 12.5. The molecule has 114 valence electrons. The normalized spacial score (nSPS) is 13.0. The average molecular weight is 305 g/mol. The van der Waals surface area contributed by atoms with E-state index >= 15 is 0 Å². The Morgan fingerprint density at radius 1 is 1.17 bits per heavy atom. The van der Waals surface area contributed by atoms with E-state index in [1.165, 1.54) is 5.56 Å². The number of aryl methyl sites for hydroxylation is 2. The first-order chi connectivity index (χ1) is 11.2. The summed E-state index contributed by atoms with van der Waals surface area (Å²) in [5.74, 6) is -0.386. The molecule has 1 N–H and O–H groups in total. The lowest BCUT2D eigenvalue weighted by Gasteiger charge is -2.20. The third-order valence-corrected chi connectivity index (χ3v) is 4.21. The summed E-state index contributed by atoms with van der Waals surface area (Å²) < 4.78 is 1.73. The fraction of sp³-hybridized carbons (Fsp3) is 0.167. The summed E-state index contributed by atoms with van der Waals surface area (Å²) in [6, 6.07) is 11.1. The number of pyridine rings is 2. The number of para-hydroxylation sites is 1. The molecule has 5 heteroatoms. The van der Waals surface area contributed by atoms with Gasteiger partial charge in [-0.3, -0.25) is 14.6 Å². The molecule has 0 aliphatic carbocycles. The van der Waals surface area contributed by atoms with Crippen molar-refractivity contribution in [2.24, 2.45) is 0 Å². The predicted molar refractivity (Wildman–Crippen MR) is 88.7 cm³/mol. The summed E-state index contributed by atoms with van der Waals surface area (Å²) in [7, 11) is 0. The first kappa shape index (κ1) is 13.7. The van der Waals surface area contributed by atoms with Crippen LogP contribution in [0.2, 0.25) is 0 Å². The highest BCUT2D eigenvalue weighted by molar-refractivity contribution is 6.06. The minimum atomic E-state index is -0.386. The number of carbonyl (C=O) groups is 1. The van der Waals surface area contributed by atoms with Gasteiger partial charge in [0.05, 0.1) is 5.52 Å². The smallest absolute Gasteiger partial charge is 0.263 e. The maximum Gasteiger partial charge on any atom is 0.263 e. The van der Waals surface area contributed by atoms with E-state index in [1.807, 2.05) is 18.2 Å². The van der Waals surface area contributed by atoms with Crippen molar-refractivity contribution < 1.29 is 4.79 Å². The molecular weight excluding hydrogens is 290 g/mol. The van der Waals surface area contributed by atoms with Crippen molar-refractivity contribution in [2.45, 2.75) is 19.4 Å². The number of carbonyl (C=O) groups excluding carboxylic acids is 1. The lowest BCUT2D eigenvalue weighted by atomic mass is 10.00. The first-order valence-corrected chi connectivity index (χ1v) is 7.61. The lowest BCUT2D eigenvalue weighted by molar-refractivity contribution is 0.102. The van der Waals surface area contributed by atoms with E-state index in [4.69, 9.17) is 0 Å². The summed E-state index contributed by atoms with van der Waals surface area (Å²) in [4.78, 5) is 29.1. The zero-order valence-electron chi connectivity index (χ0n) is 12.5. The van der Waals surface area contributed by atoms with Crippen LogP contribution in [0.1, 0.15) is 22.3 Å². The highest BCUT2D eigenvalue weighted by atomic mass is 16.2. The van der Waals surface area contributed by atoms with Crippen molar-refractivity contribution in [1.82, 2.24) is 9.55 Å². The molecule has 1 amide bonds. The first-order valence-electron chi connectivity index (χ1n) is 7.61. The molecule has 3 heterocycles. The van der Waals surface area contributed by atoms with E-state index in [0.29, 0.717) is 12.2 Å². The van der Waals surface area contributed by atoms with Gasteiger partial charge in [0.2, 0.25) is 0 Å². The SMILES string of the molecule is O=C(Nc1ccncc1)c1cc2cccc3c2n(c1=O)CCC3. The van der Waals surface area contributed by atoms with Crippen LogP contribution < -0.4 is 10.9 Å². The fourth-order valence-corrected chi connectivity index (χ4v) is 3.16. The number of anilines is 1. The molecule has 2 aromatic heterocycles. The Morgan fingerprint density at radius 2 is 2.00 bits per heavy atom. The van der Waals surface area contributed by atoms with Gasteiger partial charge in [-0.05, 0) is 42.0 Å². The number of rotatable bonds is 2. The minimum absolute atomic E-state index is 0.174. The molecule has 0 spiro atoms. The molecule has 0 bridgehead atoms. The molecule has 5 nitrogen and oxygen atoms in total. The molecule has 0 saturated carbocycles. The third kappa shape index (κ3) is 2.30. The molecule has 0 atom stereocenters. The van der Waals surface area contributed by atoms with Crippen molar-refractivity contribution in [1.29, 1.82) is 0 Å². The number of amides is 1. The predicted octanol–water partition coefficient (Wildman–Crippen LogP) is 2.60. The van der Waals surface area contributed by atoms with E-state index in [1.54, 1.807) is 35.2 Å². The largest absolute Gasteiger partial charge is 0.322 e. The van der Waals surface area contributed by atoms with Gasteiger partial charge in [-0.2, -0.15) is 0 Å². The van der Waals surface area contributed by atoms with Gasteiger partial charge in [0.25, 0.3) is 11.5 Å². The molecule has 3 aromatic rings. The summed E-state index contributed by atoms with van der Waals surface area (Å²) in [6.07, 6.45) is 5.08. The topological polar surface area (TPSA) is 64.0 Å². The maximum atomic E-state index is 12.7. The number of aromatic nitrogens is 2. The quantitative estimate of drug-likeness (QED) is 0.791. The molecule has 1 aliphatic heterocycles. The Labute approximate surface area is 132 Å². The Bertz CT molecular complexity index is 961. The number of nitrogens with zero attached hydrogens (tertiary/aromatic N) is 2. The highest BCUT2D eigenvalue weighted by Crippen LogP contribution is 2.24. The molecule has 0 radical (unpaired) electrons. The second-order valence-electron chi connectivity index (χ2n) is 5.66. The van der Waals surface area contributed by atoms with Crippen LogP contribution in [0.5, 0.6) is 0 Å². The van der Waals surface area contributed by atoms with Gasteiger partial charge >= 0.3 is 0 Å². The van der Waals surface area contributed by atoms with E-state index in [2.05, 4.69) is 10.3 Å². The monoisotopic (exact) mass is 305 g/mol. The van der Waals surface area contributed by atoms with Gasteiger partial charge in [-0.15, -0.1) is 0 Å². The van der Waals surface area contributed by atoms with Crippen LogP contribution in [-0.2, 0) is 13.0 Å². The molecule has 23 heavy (non-hydrogen) atoms. The summed E-state index contributed by atoms with van der Waals surface area (Å²) in [5, 5.41) is 3.69. The zero-order chi connectivity index (χ0) is 15.8.